The third kappa shape index (κ3) is 15.2. The molecule has 0 radical (unpaired) electrons. The number of guanidine groups is 1. The number of nitrogens with zero attached hydrogens (tertiary/aromatic N) is 2. The average molecular weight is 444 g/mol. The highest BCUT2D eigenvalue weighted by atomic mass is 127. The minimum Gasteiger partial charge on any atom is -0.382 e. The van der Waals surface area contributed by atoms with Gasteiger partial charge in [0.2, 0.25) is 0 Å². The second kappa shape index (κ2) is 18.2. The second-order valence-electron chi connectivity index (χ2n) is 5.38. The summed E-state index contributed by atoms with van der Waals surface area (Å²) in [6.07, 6.45) is 2.10. The minimum atomic E-state index is 0. The molecule has 0 aliphatic carbocycles. The van der Waals surface area contributed by atoms with Gasteiger partial charge in [-0.15, -0.1) is 24.0 Å². The Balaban J connectivity index is 0. The normalized spacial score (nSPS) is 12.9. The molecule has 0 rings (SSSR count). The number of hydrogen-bond acceptors (Lipinski definition) is 4. The van der Waals surface area contributed by atoms with E-state index in [-0.39, 0.29) is 24.0 Å². The summed E-state index contributed by atoms with van der Waals surface area (Å²) < 4.78 is 10.4. The van der Waals surface area contributed by atoms with Crippen molar-refractivity contribution in [3.8, 4) is 0 Å². The predicted molar refractivity (Wildman–Crippen MR) is 109 cm³/mol. The molecule has 6 nitrogen and oxygen atoms in total. The van der Waals surface area contributed by atoms with Gasteiger partial charge < -0.3 is 25.0 Å². The van der Waals surface area contributed by atoms with E-state index in [0.29, 0.717) is 19.3 Å². The smallest absolute Gasteiger partial charge is 0.191 e. The van der Waals surface area contributed by atoms with Crippen LogP contribution in [0.25, 0.3) is 0 Å². The molecule has 23 heavy (non-hydrogen) atoms. The maximum Gasteiger partial charge on any atom is 0.191 e. The van der Waals surface area contributed by atoms with Gasteiger partial charge in [-0.25, -0.2) is 0 Å². The Bertz CT molecular complexity index is 281. The van der Waals surface area contributed by atoms with Crippen molar-refractivity contribution in [3.05, 3.63) is 0 Å². The molecule has 0 spiro atoms. The van der Waals surface area contributed by atoms with Crippen LogP contribution in [0.1, 0.15) is 33.6 Å². The number of ether oxygens (including phenoxy) is 2. The van der Waals surface area contributed by atoms with Crippen LogP contribution in [0.15, 0.2) is 4.99 Å². The van der Waals surface area contributed by atoms with Crippen LogP contribution in [0.5, 0.6) is 0 Å². The molecule has 140 valence electrons. The lowest BCUT2D eigenvalue weighted by molar-refractivity contribution is 0.0702. The van der Waals surface area contributed by atoms with Crippen LogP contribution in [0.2, 0.25) is 0 Å². The number of likely N-dealkylation sites (N-methyl/N-ethyl adjacent to an activating group) is 1. The number of halogens is 1. The molecule has 0 aliphatic heterocycles. The quantitative estimate of drug-likeness (QED) is 0.197. The molecule has 1 unspecified atom stereocenters. The number of hydrogen-bond donors (Lipinski definition) is 2. The van der Waals surface area contributed by atoms with Gasteiger partial charge in [-0.05, 0) is 33.7 Å². The van der Waals surface area contributed by atoms with Gasteiger partial charge in [-0.1, -0.05) is 6.92 Å². The number of nitrogens with one attached hydrogen (secondary N) is 2. The van der Waals surface area contributed by atoms with Crippen molar-refractivity contribution in [1.82, 2.24) is 15.5 Å². The fourth-order valence-electron chi connectivity index (χ4n) is 1.83. The van der Waals surface area contributed by atoms with E-state index in [2.05, 4.69) is 48.3 Å². The molecule has 0 saturated carbocycles. The molecule has 0 aromatic heterocycles. The molecule has 0 aromatic rings. The van der Waals surface area contributed by atoms with Crippen LogP contribution in [-0.4, -0.2) is 77.1 Å². The van der Waals surface area contributed by atoms with E-state index in [1.54, 1.807) is 7.11 Å². The van der Waals surface area contributed by atoms with Gasteiger partial charge in [-0.3, -0.25) is 4.99 Å². The SMILES string of the molecule is CCNC(=NCCCOCCOC)NCCN(C)C(C)CC.I. The number of aliphatic imine (C=N–C) groups is 1. The van der Waals surface area contributed by atoms with Crippen LogP contribution < -0.4 is 10.6 Å². The highest BCUT2D eigenvalue weighted by molar-refractivity contribution is 14.0. The first-order chi connectivity index (χ1) is 10.7. The van der Waals surface area contributed by atoms with Crippen molar-refractivity contribution in [2.45, 2.75) is 39.7 Å². The highest BCUT2D eigenvalue weighted by Gasteiger charge is 2.06. The van der Waals surface area contributed by atoms with Crippen molar-refractivity contribution in [2.24, 2.45) is 4.99 Å². The molecule has 0 saturated heterocycles. The maximum absolute atomic E-state index is 5.43. The third-order valence-electron chi connectivity index (χ3n) is 3.59. The van der Waals surface area contributed by atoms with Crippen molar-refractivity contribution >= 4 is 29.9 Å². The Kier molecular flexibility index (Phi) is 19.9. The van der Waals surface area contributed by atoms with Crippen molar-refractivity contribution in [3.63, 3.8) is 0 Å². The Morgan fingerprint density at radius 1 is 1.17 bits per heavy atom. The summed E-state index contributed by atoms with van der Waals surface area (Å²) in [7, 11) is 3.85. The van der Waals surface area contributed by atoms with Gasteiger partial charge in [-0.2, -0.15) is 0 Å². The lowest BCUT2D eigenvalue weighted by atomic mass is 10.2. The van der Waals surface area contributed by atoms with Crippen LogP contribution in [0.4, 0.5) is 0 Å². The summed E-state index contributed by atoms with van der Waals surface area (Å²) in [6.45, 7) is 12.1. The molecule has 1 atom stereocenters. The molecule has 2 N–H and O–H groups in total. The standard InChI is InChI=1S/C16H36N4O2.HI/c1-6-15(3)20(4)11-10-19-16(17-7-2)18-9-8-12-22-14-13-21-5;/h15H,6-14H2,1-5H3,(H2,17,18,19);1H. The molecule has 0 amide bonds. The molecule has 0 aliphatic rings. The fourth-order valence-corrected chi connectivity index (χ4v) is 1.83. The van der Waals surface area contributed by atoms with Crippen LogP contribution in [-0.2, 0) is 9.47 Å². The average Bonchev–Trinajstić information content (AvgIpc) is 2.52. The summed E-state index contributed by atoms with van der Waals surface area (Å²) in [6, 6.07) is 0.616. The van der Waals surface area contributed by atoms with E-state index in [0.717, 1.165) is 45.2 Å². The highest BCUT2D eigenvalue weighted by Crippen LogP contribution is 1.98. The molecule has 0 aromatic carbocycles. The summed E-state index contributed by atoms with van der Waals surface area (Å²) in [4.78, 5) is 6.92. The van der Waals surface area contributed by atoms with Crippen molar-refractivity contribution in [1.29, 1.82) is 0 Å². The fraction of sp³-hybridized carbons (Fsp3) is 0.938. The lowest BCUT2D eigenvalue weighted by Gasteiger charge is -2.24. The van der Waals surface area contributed by atoms with E-state index < -0.39 is 0 Å². The Hall–Kier alpha value is -0.120. The first-order valence-electron chi connectivity index (χ1n) is 8.44. The van der Waals surface area contributed by atoms with E-state index in [4.69, 9.17) is 9.47 Å². The lowest BCUT2D eigenvalue weighted by Crippen LogP contribution is -2.42. The van der Waals surface area contributed by atoms with Crippen LogP contribution in [0, 0.1) is 0 Å². The predicted octanol–water partition coefficient (Wildman–Crippen LogP) is 1.94. The zero-order chi connectivity index (χ0) is 16.6. The Morgan fingerprint density at radius 3 is 2.52 bits per heavy atom. The zero-order valence-electron chi connectivity index (χ0n) is 15.6. The zero-order valence-corrected chi connectivity index (χ0v) is 17.9. The largest absolute Gasteiger partial charge is 0.382 e. The van der Waals surface area contributed by atoms with E-state index in [1.807, 2.05) is 0 Å². The van der Waals surface area contributed by atoms with Crippen LogP contribution in [0.3, 0.4) is 0 Å². The molecular formula is C16H37IN4O2. The number of rotatable bonds is 13. The second-order valence-corrected chi connectivity index (χ2v) is 5.38. The number of methoxy groups -OCH3 is 1. The van der Waals surface area contributed by atoms with Crippen molar-refractivity contribution in [2.75, 3.05) is 60.2 Å². The monoisotopic (exact) mass is 444 g/mol. The minimum absolute atomic E-state index is 0. The Morgan fingerprint density at radius 2 is 1.91 bits per heavy atom. The molecule has 0 fully saturated rings. The van der Waals surface area contributed by atoms with Crippen LogP contribution >= 0.6 is 24.0 Å². The summed E-state index contributed by atoms with van der Waals surface area (Å²) in [5, 5.41) is 6.65. The molecule has 7 heteroatoms. The summed E-state index contributed by atoms with van der Waals surface area (Å²) in [5.74, 6) is 0.886. The van der Waals surface area contributed by atoms with Gasteiger partial charge in [0.05, 0.1) is 13.2 Å². The first-order valence-corrected chi connectivity index (χ1v) is 8.44. The molecule has 0 heterocycles. The van der Waals surface area contributed by atoms with Gasteiger partial charge >= 0.3 is 0 Å². The Labute approximate surface area is 159 Å². The summed E-state index contributed by atoms with van der Waals surface area (Å²) >= 11 is 0. The van der Waals surface area contributed by atoms with E-state index >= 15 is 0 Å². The molecule has 0 bridgehead atoms. The third-order valence-corrected chi connectivity index (χ3v) is 3.59. The topological polar surface area (TPSA) is 58.1 Å². The van der Waals surface area contributed by atoms with E-state index in [9.17, 15) is 0 Å². The van der Waals surface area contributed by atoms with Gasteiger partial charge in [0.1, 0.15) is 0 Å². The van der Waals surface area contributed by atoms with Gasteiger partial charge in [0.25, 0.3) is 0 Å². The molecular weight excluding hydrogens is 407 g/mol. The van der Waals surface area contributed by atoms with Gasteiger partial charge in [0.15, 0.2) is 5.96 Å². The van der Waals surface area contributed by atoms with Crippen molar-refractivity contribution < 1.29 is 9.47 Å². The first kappa shape index (κ1) is 25.1. The van der Waals surface area contributed by atoms with E-state index in [1.165, 1.54) is 6.42 Å². The van der Waals surface area contributed by atoms with Gasteiger partial charge in [0, 0.05) is 45.9 Å². The maximum atomic E-state index is 5.43. The summed E-state index contributed by atoms with van der Waals surface area (Å²) in [5.41, 5.74) is 0.